The lowest BCUT2D eigenvalue weighted by atomic mass is 10.1. The van der Waals surface area contributed by atoms with Gasteiger partial charge in [0.15, 0.2) is 5.96 Å². The van der Waals surface area contributed by atoms with Crippen molar-refractivity contribution in [3.63, 3.8) is 0 Å². The third-order valence-electron chi connectivity index (χ3n) is 3.38. The number of nitrogens with one attached hydrogen (secondary N) is 3. The van der Waals surface area contributed by atoms with Gasteiger partial charge in [0.2, 0.25) is 0 Å². The van der Waals surface area contributed by atoms with Crippen LogP contribution in [0.3, 0.4) is 0 Å². The fourth-order valence-corrected chi connectivity index (χ4v) is 2.21. The van der Waals surface area contributed by atoms with E-state index in [1.807, 2.05) is 0 Å². The first-order valence-electron chi connectivity index (χ1n) is 8.40. The van der Waals surface area contributed by atoms with Crippen molar-refractivity contribution in [2.75, 3.05) is 46.5 Å². The Hall–Kier alpha value is -0.850. The third kappa shape index (κ3) is 9.97. The minimum absolute atomic E-state index is 0.152. The molecule has 1 rings (SSSR count). The molecule has 6 nitrogen and oxygen atoms in total. The predicted octanol–water partition coefficient (Wildman–Crippen LogP) is 1.13. The number of rotatable bonds is 9. The van der Waals surface area contributed by atoms with Crippen LogP contribution in [0.25, 0.3) is 0 Å². The van der Waals surface area contributed by atoms with Crippen molar-refractivity contribution in [3.05, 3.63) is 0 Å². The molecular weight excluding hydrogens is 280 g/mol. The summed E-state index contributed by atoms with van der Waals surface area (Å²) in [4.78, 5) is 4.21. The maximum absolute atomic E-state index is 5.63. The maximum atomic E-state index is 5.63. The molecule has 0 saturated carbocycles. The Morgan fingerprint density at radius 2 is 2.00 bits per heavy atom. The summed E-state index contributed by atoms with van der Waals surface area (Å²) >= 11 is 0. The first-order chi connectivity index (χ1) is 10.5. The number of nitrogens with zero attached hydrogens (tertiary/aromatic N) is 1. The van der Waals surface area contributed by atoms with Crippen LogP contribution in [-0.4, -0.2) is 64.1 Å². The molecule has 1 aliphatic rings. The van der Waals surface area contributed by atoms with Crippen molar-refractivity contribution < 1.29 is 9.47 Å². The monoisotopic (exact) mass is 314 g/mol. The smallest absolute Gasteiger partial charge is 0.191 e. The standard InChI is InChI=1S/C16H34N4O2/c1-16(2,3)20-10-9-19-15(17-4)18-8-6-11-21-13-14-7-5-12-22-14/h14,20H,5-13H2,1-4H3,(H2,17,18,19). The Balaban J connectivity index is 1.94. The van der Waals surface area contributed by atoms with Crippen molar-refractivity contribution in [1.29, 1.82) is 0 Å². The summed E-state index contributed by atoms with van der Waals surface area (Å²) < 4.78 is 11.2. The van der Waals surface area contributed by atoms with Gasteiger partial charge in [0, 0.05) is 45.4 Å². The molecule has 1 saturated heterocycles. The Kier molecular flexibility index (Phi) is 9.43. The minimum atomic E-state index is 0.152. The van der Waals surface area contributed by atoms with Gasteiger partial charge in [-0.05, 0) is 40.0 Å². The van der Waals surface area contributed by atoms with Gasteiger partial charge in [-0.2, -0.15) is 0 Å². The Morgan fingerprint density at radius 1 is 1.23 bits per heavy atom. The van der Waals surface area contributed by atoms with Gasteiger partial charge in [-0.1, -0.05) is 0 Å². The van der Waals surface area contributed by atoms with Gasteiger partial charge in [-0.15, -0.1) is 0 Å². The molecule has 1 atom stereocenters. The summed E-state index contributed by atoms with van der Waals surface area (Å²) in [6.07, 6.45) is 3.59. The number of aliphatic imine (C=N–C) groups is 1. The van der Waals surface area contributed by atoms with Gasteiger partial charge < -0.3 is 25.4 Å². The minimum Gasteiger partial charge on any atom is -0.379 e. The topological polar surface area (TPSA) is 66.9 Å². The zero-order valence-electron chi connectivity index (χ0n) is 14.7. The summed E-state index contributed by atoms with van der Waals surface area (Å²) in [7, 11) is 1.79. The second-order valence-corrected chi connectivity index (χ2v) is 6.67. The molecule has 6 heteroatoms. The molecule has 1 aliphatic heterocycles. The number of hydrogen-bond acceptors (Lipinski definition) is 4. The summed E-state index contributed by atoms with van der Waals surface area (Å²) in [6, 6.07) is 0. The van der Waals surface area contributed by atoms with Crippen LogP contribution in [0, 0.1) is 0 Å². The highest BCUT2D eigenvalue weighted by Crippen LogP contribution is 2.11. The fraction of sp³-hybridized carbons (Fsp3) is 0.938. The highest BCUT2D eigenvalue weighted by atomic mass is 16.5. The van der Waals surface area contributed by atoms with Crippen molar-refractivity contribution in [1.82, 2.24) is 16.0 Å². The Labute approximate surface area is 135 Å². The first kappa shape index (κ1) is 19.2. The van der Waals surface area contributed by atoms with Crippen molar-refractivity contribution in [2.45, 2.75) is 51.7 Å². The van der Waals surface area contributed by atoms with Crippen LogP contribution < -0.4 is 16.0 Å². The SMILES string of the molecule is CN=C(NCCCOCC1CCCO1)NCCNC(C)(C)C. The third-order valence-corrected chi connectivity index (χ3v) is 3.38. The molecule has 3 N–H and O–H groups in total. The predicted molar refractivity (Wildman–Crippen MR) is 91.5 cm³/mol. The van der Waals surface area contributed by atoms with Gasteiger partial charge in [0.05, 0.1) is 12.7 Å². The van der Waals surface area contributed by atoms with Crippen LogP contribution in [0.1, 0.15) is 40.0 Å². The van der Waals surface area contributed by atoms with Crippen LogP contribution in [0.4, 0.5) is 0 Å². The molecule has 0 amide bonds. The van der Waals surface area contributed by atoms with Gasteiger partial charge in [-0.25, -0.2) is 0 Å². The van der Waals surface area contributed by atoms with E-state index in [1.54, 1.807) is 7.05 Å². The average Bonchev–Trinajstić information content (AvgIpc) is 2.97. The first-order valence-corrected chi connectivity index (χ1v) is 8.40. The van der Waals surface area contributed by atoms with Gasteiger partial charge in [0.25, 0.3) is 0 Å². The molecule has 0 aliphatic carbocycles. The molecule has 0 aromatic heterocycles. The summed E-state index contributed by atoms with van der Waals surface area (Å²) in [5, 5.41) is 10.0. The van der Waals surface area contributed by atoms with E-state index in [-0.39, 0.29) is 5.54 Å². The van der Waals surface area contributed by atoms with Crippen molar-refractivity contribution >= 4 is 5.96 Å². The molecule has 130 valence electrons. The quantitative estimate of drug-likeness (QED) is 0.338. The second kappa shape index (κ2) is 10.8. The molecule has 0 radical (unpaired) electrons. The lowest BCUT2D eigenvalue weighted by Crippen LogP contribution is -2.44. The van der Waals surface area contributed by atoms with E-state index >= 15 is 0 Å². The normalized spacial score (nSPS) is 19.5. The van der Waals surface area contributed by atoms with Gasteiger partial charge >= 0.3 is 0 Å². The molecule has 22 heavy (non-hydrogen) atoms. The Bertz CT molecular complexity index is 310. The summed E-state index contributed by atoms with van der Waals surface area (Å²) in [6.45, 7) is 11.5. The molecule has 0 bridgehead atoms. The van der Waals surface area contributed by atoms with E-state index in [0.717, 1.165) is 58.3 Å². The van der Waals surface area contributed by atoms with Crippen molar-refractivity contribution in [2.24, 2.45) is 4.99 Å². The van der Waals surface area contributed by atoms with Crippen LogP contribution >= 0.6 is 0 Å². The lowest BCUT2D eigenvalue weighted by Gasteiger charge is -2.21. The number of guanidine groups is 1. The highest BCUT2D eigenvalue weighted by Gasteiger charge is 2.14. The van der Waals surface area contributed by atoms with E-state index in [4.69, 9.17) is 9.47 Å². The molecule has 1 fully saturated rings. The molecule has 1 heterocycles. The van der Waals surface area contributed by atoms with Crippen LogP contribution in [-0.2, 0) is 9.47 Å². The van der Waals surface area contributed by atoms with E-state index in [9.17, 15) is 0 Å². The van der Waals surface area contributed by atoms with Gasteiger partial charge in [0.1, 0.15) is 0 Å². The summed E-state index contributed by atoms with van der Waals surface area (Å²) in [5.41, 5.74) is 0.152. The zero-order chi connectivity index (χ0) is 16.3. The van der Waals surface area contributed by atoms with E-state index in [1.165, 1.54) is 6.42 Å². The largest absolute Gasteiger partial charge is 0.379 e. The molecule has 0 aromatic rings. The lowest BCUT2D eigenvalue weighted by molar-refractivity contribution is 0.0168. The van der Waals surface area contributed by atoms with Crippen LogP contribution in [0.15, 0.2) is 4.99 Å². The van der Waals surface area contributed by atoms with Gasteiger partial charge in [-0.3, -0.25) is 4.99 Å². The molecule has 0 spiro atoms. The molecule has 0 aromatic carbocycles. The number of ether oxygens (including phenoxy) is 2. The molecule has 1 unspecified atom stereocenters. The Morgan fingerprint density at radius 3 is 2.64 bits per heavy atom. The number of hydrogen-bond donors (Lipinski definition) is 3. The molecular formula is C16H34N4O2. The van der Waals surface area contributed by atoms with E-state index in [0.29, 0.717) is 6.10 Å². The fourth-order valence-electron chi connectivity index (χ4n) is 2.21. The zero-order valence-corrected chi connectivity index (χ0v) is 14.7. The average molecular weight is 314 g/mol. The van der Waals surface area contributed by atoms with Crippen LogP contribution in [0.2, 0.25) is 0 Å². The second-order valence-electron chi connectivity index (χ2n) is 6.67. The van der Waals surface area contributed by atoms with Crippen LogP contribution in [0.5, 0.6) is 0 Å². The van der Waals surface area contributed by atoms with Crippen molar-refractivity contribution in [3.8, 4) is 0 Å². The summed E-state index contributed by atoms with van der Waals surface area (Å²) in [5.74, 6) is 0.842. The highest BCUT2D eigenvalue weighted by molar-refractivity contribution is 5.79. The van der Waals surface area contributed by atoms with E-state index in [2.05, 4.69) is 41.7 Å². The van der Waals surface area contributed by atoms with E-state index < -0.39 is 0 Å². The maximum Gasteiger partial charge on any atom is 0.191 e.